The van der Waals surface area contributed by atoms with Crippen LogP contribution < -0.4 is 5.32 Å². The van der Waals surface area contributed by atoms with Crippen LogP contribution in [0.25, 0.3) is 0 Å². The number of carbonyl (C=O) groups excluding carboxylic acids is 1. The molecule has 0 saturated carbocycles. The molecular formula is C22H37N3O3S. The van der Waals surface area contributed by atoms with Crippen LogP contribution in [0.3, 0.4) is 0 Å². The quantitative estimate of drug-likeness (QED) is 0.553. The average Bonchev–Trinajstić information content (AvgIpc) is 2.88. The molecule has 1 unspecified atom stereocenters. The van der Waals surface area contributed by atoms with Crippen LogP contribution in [0.15, 0.2) is 29.2 Å². The summed E-state index contributed by atoms with van der Waals surface area (Å²) in [6.45, 7) is 9.86. The van der Waals surface area contributed by atoms with E-state index in [9.17, 15) is 13.2 Å². The fourth-order valence-electron chi connectivity index (χ4n) is 3.85. The van der Waals surface area contributed by atoms with E-state index in [-0.39, 0.29) is 5.91 Å². The van der Waals surface area contributed by atoms with E-state index in [0.717, 1.165) is 70.5 Å². The number of amides is 1. The Morgan fingerprint density at radius 2 is 1.86 bits per heavy atom. The minimum atomic E-state index is -3.15. The van der Waals surface area contributed by atoms with Crippen molar-refractivity contribution < 1.29 is 13.2 Å². The van der Waals surface area contributed by atoms with Gasteiger partial charge in [0.25, 0.3) is 0 Å². The highest BCUT2D eigenvalue weighted by atomic mass is 32.2. The summed E-state index contributed by atoms with van der Waals surface area (Å²) < 4.78 is 23.2. The molecule has 7 heteroatoms. The van der Waals surface area contributed by atoms with Crippen LogP contribution >= 0.6 is 0 Å². The van der Waals surface area contributed by atoms with Crippen molar-refractivity contribution in [2.24, 2.45) is 0 Å². The monoisotopic (exact) mass is 423 g/mol. The van der Waals surface area contributed by atoms with Crippen molar-refractivity contribution in [2.45, 2.75) is 56.9 Å². The minimum Gasteiger partial charge on any atom is -0.341 e. The molecule has 1 saturated heterocycles. The molecule has 6 nitrogen and oxygen atoms in total. The largest absolute Gasteiger partial charge is 0.341 e. The molecule has 0 aliphatic carbocycles. The number of rotatable bonds is 11. The lowest BCUT2D eigenvalue weighted by Crippen LogP contribution is -2.37. The van der Waals surface area contributed by atoms with E-state index in [1.54, 1.807) is 12.1 Å². The highest BCUT2D eigenvalue weighted by Crippen LogP contribution is 2.15. The molecule has 1 N–H and O–H groups in total. The first kappa shape index (κ1) is 23.8. The predicted octanol–water partition coefficient (Wildman–Crippen LogP) is 2.34. The van der Waals surface area contributed by atoms with Gasteiger partial charge in [0.1, 0.15) is 0 Å². The third-order valence-electron chi connectivity index (χ3n) is 5.57. The third kappa shape index (κ3) is 8.07. The number of benzene rings is 1. The van der Waals surface area contributed by atoms with Gasteiger partial charge in [0.05, 0.1) is 4.90 Å². The first-order valence-electron chi connectivity index (χ1n) is 10.8. The molecule has 1 aromatic rings. The first-order chi connectivity index (χ1) is 13.8. The van der Waals surface area contributed by atoms with Gasteiger partial charge >= 0.3 is 0 Å². The highest BCUT2D eigenvalue weighted by molar-refractivity contribution is 7.90. The predicted molar refractivity (Wildman–Crippen MR) is 118 cm³/mol. The number of sulfone groups is 1. The van der Waals surface area contributed by atoms with E-state index in [1.807, 2.05) is 17.0 Å². The van der Waals surface area contributed by atoms with Crippen LogP contribution in [0.4, 0.5) is 0 Å². The summed E-state index contributed by atoms with van der Waals surface area (Å²) in [6.07, 6.45) is 5.96. The number of unbranched alkanes of at least 4 members (excludes halogenated alkanes) is 1. The van der Waals surface area contributed by atoms with Crippen molar-refractivity contribution in [3.63, 3.8) is 0 Å². The highest BCUT2D eigenvalue weighted by Gasteiger charge is 2.17. The fourth-order valence-corrected chi connectivity index (χ4v) is 4.48. The molecule has 1 fully saturated rings. The Kier molecular flexibility index (Phi) is 9.59. The lowest BCUT2D eigenvalue weighted by atomic mass is 10.1. The van der Waals surface area contributed by atoms with Crippen LogP contribution in [0, 0.1) is 0 Å². The first-order valence-corrected chi connectivity index (χ1v) is 12.7. The van der Waals surface area contributed by atoms with Crippen LogP contribution in [0.5, 0.6) is 0 Å². The maximum atomic E-state index is 12.1. The number of nitrogens with one attached hydrogen (secondary N) is 1. The Bertz CT molecular complexity index is 734. The summed E-state index contributed by atoms with van der Waals surface area (Å²) in [4.78, 5) is 17.0. The van der Waals surface area contributed by atoms with E-state index < -0.39 is 9.84 Å². The molecular weight excluding hydrogens is 386 g/mol. The van der Waals surface area contributed by atoms with E-state index in [0.29, 0.717) is 17.4 Å². The smallest absolute Gasteiger partial charge is 0.223 e. The van der Waals surface area contributed by atoms with E-state index in [2.05, 4.69) is 24.1 Å². The molecule has 1 aliphatic rings. The molecule has 0 aromatic heterocycles. The second-order valence-corrected chi connectivity index (χ2v) is 10.1. The topological polar surface area (TPSA) is 69.7 Å². The van der Waals surface area contributed by atoms with Crippen molar-refractivity contribution >= 4 is 15.7 Å². The minimum absolute atomic E-state index is 0.270. The maximum Gasteiger partial charge on any atom is 0.223 e. The summed E-state index contributed by atoms with van der Waals surface area (Å²) >= 11 is 0. The van der Waals surface area contributed by atoms with Gasteiger partial charge in [-0.1, -0.05) is 19.1 Å². The summed E-state index contributed by atoms with van der Waals surface area (Å²) in [6, 6.07) is 7.65. The van der Waals surface area contributed by atoms with Crippen molar-refractivity contribution in [2.75, 3.05) is 45.5 Å². The number of nitrogens with zero attached hydrogens (tertiary/aromatic N) is 2. The Hall–Kier alpha value is -1.44. The van der Waals surface area contributed by atoms with Gasteiger partial charge in [-0.2, -0.15) is 0 Å². The molecule has 0 spiro atoms. The SMILES string of the molecule is CCCN(CCCCN1CCNCCC1=O)C(C)Cc1ccc(S(C)(=O)=O)cc1. The number of hydrogen-bond acceptors (Lipinski definition) is 5. The Balaban J connectivity index is 1.82. The summed E-state index contributed by atoms with van der Waals surface area (Å²) in [5.41, 5.74) is 1.16. The summed E-state index contributed by atoms with van der Waals surface area (Å²) in [7, 11) is -3.15. The van der Waals surface area contributed by atoms with Gasteiger partial charge in [-0.05, 0) is 63.4 Å². The summed E-state index contributed by atoms with van der Waals surface area (Å²) in [5, 5.41) is 3.28. The molecule has 29 heavy (non-hydrogen) atoms. The Morgan fingerprint density at radius 3 is 2.52 bits per heavy atom. The lowest BCUT2D eigenvalue weighted by Gasteiger charge is -2.29. The second-order valence-electron chi connectivity index (χ2n) is 8.09. The van der Waals surface area contributed by atoms with Gasteiger partial charge in [-0.3, -0.25) is 4.79 Å². The molecule has 164 valence electrons. The molecule has 2 rings (SSSR count). The molecule has 1 aromatic carbocycles. The van der Waals surface area contributed by atoms with Gasteiger partial charge in [0, 0.05) is 44.9 Å². The molecule has 0 radical (unpaired) electrons. The number of hydrogen-bond donors (Lipinski definition) is 1. The Morgan fingerprint density at radius 1 is 1.14 bits per heavy atom. The maximum absolute atomic E-state index is 12.1. The normalized spacial score (nSPS) is 16.8. The molecule has 1 aliphatic heterocycles. The molecule has 1 amide bonds. The van der Waals surface area contributed by atoms with Gasteiger partial charge < -0.3 is 15.1 Å². The van der Waals surface area contributed by atoms with Crippen LogP contribution in [-0.2, 0) is 21.1 Å². The zero-order valence-electron chi connectivity index (χ0n) is 18.2. The fraction of sp³-hybridized carbons (Fsp3) is 0.682. The van der Waals surface area contributed by atoms with Crippen molar-refractivity contribution in [1.29, 1.82) is 0 Å². The van der Waals surface area contributed by atoms with Gasteiger partial charge in [-0.25, -0.2) is 8.42 Å². The summed E-state index contributed by atoms with van der Waals surface area (Å²) in [5.74, 6) is 0.270. The Labute approximate surface area is 176 Å². The van der Waals surface area contributed by atoms with Crippen molar-refractivity contribution in [3.8, 4) is 0 Å². The van der Waals surface area contributed by atoms with Gasteiger partial charge in [0.2, 0.25) is 5.91 Å². The lowest BCUT2D eigenvalue weighted by molar-refractivity contribution is -0.130. The molecule has 1 heterocycles. The van der Waals surface area contributed by atoms with Gasteiger partial charge in [-0.15, -0.1) is 0 Å². The zero-order valence-corrected chi connectivity index (χ0v) is 19.0. The third-order valence-corrected chi connectivity index (χ3v) is 6.70. The van der Waals surface area contributed by atoms with Gasteiger partial charge in [0.15, 0.2) is 9.84 Å². The van der Waals surface area contributed by atoms with Crippen molar-refractivity contribution in [1.82, 2.24) is 15.1 Å². The van der Waals surface area contributed by atoms with E-state index in [1.165, 1.54) is 6.26 Å². The average molecular weight is 424 g/mol. The molecule has 0 bridgehead atoms. The van der Waals surface area contributed by atoms with E-state index >= 15 is 0 Å². The van der Waals surface area contributed by atoms with Crippen LogP contribution in [-0.4, -0.2) is 75.7 Å². The molecule has 1 atom stereocenters. The van der Waals surface area contributed by atoms with Crippen LogP contribution in [0.1, 0.15) is 45.1 Å². The van der Waals surface area contributed by atoms with Crippen LogP contribution in [0.2, 0.25) is 0 Å². The zero-order chi connectivity index (χ0) is 21.3. The second kappa shape index (κ2) is 11.7. The standard InChI is InChI=1S/C22H37N3O3S/c1-4-14-24(15-5-6-16-25-17-13-23-12-11-22(25)26)19(2)18-20-7-9-21(10-8-20)29(3,27)28/h7-10,19,23H,4-6,11-18H2,1-3H3. The van der Waals surface area contributed by atoms with E-state index in [4.69, 9.17) is 0 Å². The van der Waals surface area contributed by atoms with Crippen molar-refractivity contribution in [3.05, 3.63) is 29.8 Å². The number of carbonyl (C=O) groups is 1.